The minimum atomic E-state index is -0.387. The number of aryl methyl sites for hydroxylation is 1. The van der Waals surface area contributed by atoms with Crippen molar-refractivity contribution in [3.63, 3.8) is 0 Å². The topological polar surface area (TPSA) is 57.0 Å². The van der Waals surface area contributed by atoms with E-state index in [2.05, 4.69) is 10.1 Å². The van der Waals surface area contributed by atoms with Crippen LogP contribution in [0.5, 0.6) is 0 Å². The van der Waals surface area contributed by atoms with Crippen LogP contribution in [0.1, 0.15) is 55.0 Å². The van der Waals surface area contributed by atoms with Crippen molar-refractivity contribution >= 4 is 5.97 Å². The van der Waals surface area contributed by atoms with Crippen LogP contribution in [0.2, 0.25) is 0 Å². The molecular weight excluding hydrogens is 206 g/mol. The average molecular weight is 223 g/mol. The Kier molecular flexibility index (Phi) is 3.22. The van der Waals surface area contributed by atoms with Gasteiger partial charge in [-0.3, -0.25) is 0 Å². The van der Waals surface area contributed by atoms with Crippen LogP contribution in [0.15, 0.2) is 0 Å². The molecule has 1 aliphatic rings. The first-order valence-electron chi connectivity index (χ1n) is 5.80. The van der Waals surface area contributed by atoms with Crippen molar-refractivity contribution in [2.75, 3.05) is 6.61 Å². The molecule has 1 saturated carbocycles. The van der Waals surface area contributed by atoms with Gasteiger partial charge in [-0.1, -0.05) is 12.8 Å². The standard InChI is InChI=1S/C11H17N3O2/c1-3-16-11(15)10-12-9(13-14(10)2)8-6-4-5-7-8/h8H,3-7H2,1-2H3. The van der Waals surface area contributed by atoms with Crippen LogP contribution < -0.4 is 0 Å². The first kappa shape index (κ1) is 11.1. The van der Waals surface area contributed by atoms with E-state index in [0.717, 1.165) is 18.7 Å². The smallest absolute Gasteiger partial charge is 0.376 e. The van der Waals surface area contributed by atoms with E-state index in [1.807, 2.05) is 0 Å². The Balaban J connectivity index is 2.17. The normalized spacial score (nSPS) is 16.6. The van der Waals surface area contributed by atoms with Crippen LogP contribution in [0.4, 0.5) is 0 Å². The molecule has 0 aromatic carbocycles. The molecule has 0 amide bonds. The maximum absolute atomic E-state index is 11.5. The van der Waals surface area contributed by atoms with Crippen molar-refractivity contribution in [2.24, 2.45) is 7.05 Å². The van der Waals surface area contributed by atoms with Crippen LogP contribution in [-0.4, -0.2) is 27.3 Å². The molecule has 0 N–H and O–H groups in total. The Bertz CT molecular complexity index is 381. The third-order valence-electron chi connectivity index (χ3n) is 2.96. The predicted octanol–water partition coefficient (Wildman–Crippen LogP) is 1.65. The van der Waals surface area contributed by atoms with Gasteiger partial charge in [-0.2, -0.15) is 5.10 Å². The Morgan fingerprint density at radius 2 is 2.19 bits per heavy atom. The van der Waals surface area contributed by atoms with E-state index in [1.165, 1.54) is 17.5 Å². The molecule has 1 heterocycles. The predicted molar refractivity (Wildman–Crippen MR) is 58.2 cm³/mol. The van der Waals surface area contributed by atoms with Crippen molar-refractivity contribution in [3.8, 4) is 0 Å². The highest BCUT2D eigenvalue weighted by atomic mass is 16.5. The molecule has 1 aliphatic carbocycles. The monoisotopic (exact) mass is 223 g/mol. The summed E-state index contributed by atoms with van der Waals surface area (Å²) in [6.45, 7) is 2.15. The number of aromatic nitrogens is 3. The molecule has 0 saturated heterocycles. The molecule has 5 nitrogen and oxygen atoms in total. The van der Waals surface area contributed by atoms with E-state index in [9.17, 15) is 4.79 Å². The van der Waals surface area contributed by atoms with E-state index in [4.69, 9.17) is 4.74 Å². The summed E-state index contributed by atoms with van der Waals surface area (Å²) in [5, 5.41) is 4.30. The van der Waals surface area contributed by atoms with Gasteiger partial charge >= 0.3 is 5.97 Å². The van der Waals surface area contributed by atoms with Gasteiger partial charge in [0.15, 0.2) is 5.82 Å². The fraction of sp³-hybridized carbons (Fsp3) is 0.727. The summed E-state index contributed by atoms with van der Waals surface area (Å²) in [6, 6.07) is 0. The zero-order valence-electron chi connectivity index (χ0n) is 9.77. The maximum Gasteiger partial charge on any atom is 0.376 e. The molecule has 0 atom stereocenters. The second-order valence-corrected chi connectivity index (χ2v) is 4.12. The largest absolute Gasteiger partial charge is 0.460 e. The third kappa shape index (κ3) is 2.08. The van der Waals surface area contributed by atoms with E-state index in [1.54, 1.807) is 14.0 Å². The molecule has 0 radical (unpaired) electrons. The number of hydrogen-bond donors (Lipinski definition) is 0. The molecule has 2 rings (SSSR count). The molecule has 1 fully saturated rings. The van der Waals surface area contributed by atoms with Gasteiger partial charge in [-0.15, -0.1) is 0 Å². The number of hydrogen-bond acceptors (Lipinski definition) is 4. The van der Waals surface area contributed by atoms with Gasteiger partial charge in [0.25, 0.3) is 0 Å². The highest BCUT2D eigenvalue weighted by molar-refractivity contribution is 5.85. The number of carbonyl (C=O) groups excluding carboxylic acids is 1. The van der Waals surface area contributed by atoms with E-state index in [-0.39, 0.29) is 5.97 Å². The molecule has 5 heteroatoms. The highest BCUT2D eigenvalue weighted by Crippen LogP contribution is 2.32. The van der Waals surface area contributed by atoms with Crippen LogP contribution in [0, 0.1) is 0 Å². The zero-order valence-corrected chi connectivity index (χ0v) is 9.77. The molecule has 16 heavy (non-hydrogen) atoms. The lowest BCUT2D eigenvalue weighted by atomic mass is 10.1. The Labute approximate surface area is 94.8 Å². The number of rotatable bonds is 3. The second-order valence-electron chi connectivity index (χ2n) is 4.12. The number of esters is 1. The number of ether oxygens (including phenoxy) is 1. The molecule has 0 bridgehead atoms. The van der Waals surface area contributed by atoms with Crippen molar-refractivity contribution < 1.29 is 9.53 Å². The molecule has 0 aliphatic heterocycles. The summed E-state index contributed by atoms with van der Waals surface area (Å²) in [6.07, 6.45) is 4.73. The SMILES string of the molecule is CCOC(=O)c1nc(C2CCCC2)nn1C. The van der Waals surface area contributed by atoms with E-state index in [0.29, 0.717) is 18.3 Å². The van der Waals surface area contributed by atoms with Gasteiger partial charge in [0.05, 0.1) is 6.61 Å². The van der Waals surface area contributed by atoms with Gasteiger partial charge in [-0.25, -0.2) is 14.5 Å². The van der Waals surface area contributed by atoms with Gasteiger partial charge in [0.2, 0.25) is 5.82 Å². The second kappa shape index (κ2) is 4.63. The van der Waals surface area contributed by atoms with Crippen LogP contribution in [-0.2, 0) is 11.8 Å². The van der Waals surface area contributed by atoms with Crippen LogP contribution in [0.25, 0.3) is 0 Å². The Morgan fingerprint density at radius 3 is 2.81 bits per heavy atom. The van der Waals surface area contributed by atoms with E-state index >= 15 is 0 Å². The molecule has 88 valence electrons. The van der Waals surface area contributed by atoms with Gasteiger partial charge < -0.3 is 4.74 Å². The lowest BCUT2D eigenvalue weighted by Gasteiger charge is -2.00. The summed E-state index contributed by atoms with van der Waals surface area (Å²) in [5.74, 6) is 1.14. The Morgan fingerprint density at radius 1 is 1.50 bits per heavy atom. The van der Waals surface area contributed by atoms with Crippen molar-refractivity contribution in [1.29, 1.82) is 0 Å². The van der Waals surface area contributed by atoms with Crippen molar-refractivity contribution in [3.05, 3.63) is 11.6 Å². The van der Waals surface area contributed by atoms with Gasteiger partial charge in [-0.05, 0) is 19.8 Å². The zero-order chi connectivity index (χ0) is 11.5. The highest BCUT2D eigenvalue weighted by Gasteiger charge is 2.24. The first-order valence-corrected chi connectivity index (χ1v) is 5.80. The summed E-state index contributed by atoms with van der Waals surface area (Å²) >= 11 is 0. The fourth-order valence-electron chi connectivity index (χ4n) is 2.13. The summed E-state index contributed by atoms with van der Waals surface area (Å²) in [5.41, 5.74) is 0. The number of nitrogens with zero attached hydrogens (tertiary/aromatic N) is 3. The minimum absolute atomic E-state index is 0.309. The maximum atomic E-state index is 11.5. The first-order chi connectivity index (χ1) is 7.72. The summed E-state index contributed by atoms with van der Waals surface area (Å²) in [4.78, 5) is 15.8. The number of carbonyl (C=O) groups is 1. The Hall–Kier alpha value is -1.39. The molecular formula is C11H17N3O2. The van der Waals surface area contributed by atoms with Crippen molar-refractivity contribution in [1.82, 2.24) is 14.8 Å². The fourth-order valence-corrected chi connectivity index (χ4v) is 2.13. The molecule has 0 spiro atoms. The molecule has 1 aromatic rings. The molecule has 0 unspecified atom stereocenters. The van der Waals surface area contributed by atoms with Crippen LogP contribution >= 0.6 is 0 Å². The third-order valence-corrected chi connectivity index (χ3v) is 2.96. The van der Waals surface area contributed by atoms with Crippen LogP contribution in [0.3, 0.4) is 0 Å². The minimum Gasteiger partial charge on any atom is -0.460 e. The lowest BCUT2D eigenvalue weighted by Crippen LogP contribution is -2.11. The lowest BCUT2D eigenvalue weighted by molar-refractivity contribution is 0.0506. The van der Waals surface area contributed by atoms with Gasteiger partial charge in [0, 0.05) is 13.0 Å². The molecule has 1 aromatic heterocycles. The van der Waals surface area contributed by atoms with Crippen molar-refractivity contribution in [2.45, 2.75) is 38.5 Å². The quantitative estimate of drug-likeness (QED) is 0.731. The van der Waals surface area contributed by atoms with E-state index < -0.39 is 0 Å². The average Bonchev–Trinajstić information content (AvgIpc) is 2.86. The van der Waals surface area contributed by atoms with Gasteiger partial charge in [0.1, 0.15) is 0 Å². The summed E-state index contributed by atoms with van der Waals surface area (Å²) in [7, 11) is 1.73. The summed E-state index contributed by atoms with van der Waals surface area (Å²) < 4.78 is 6.44.